The maximum atomic E-state index is 4.03. The Morgan fingerprint density at radius 3 is 1.85 bits per heavy atom. The van der Waals surface area contributed by atoms with E-state index in [9.17, 15) is 0 Å². The molecule has 0 aromatic rings. The highest BCUT2D eigenvalue weighted by Gasteiger charge is 2.59. The number of hydrogen-bond donors (Lipinski definition) is 0. The molecule has 4 bridgehead atoms. The molecule has 0 aromatic carbocycles. The first kappa shape index (κ1) is 8.76. The van der Waals surface area contributed by atoms with Crippen molar-refractivity contribution < 1.29 is 0 Å². The quantitative estimate of drug-likeness (QED) is 0.561. The minimum absolute atomic E-state index is 0.538. The Morgan fingerprint density at radius 1 is 0.923 bits per heavy atom. The Kier molecular flexibility index (Phi) is 1.47. The molecule has 0 heterocycles. The summed E-state index contributed by atoms with van der Waals surface area (Å²) in [6, 6.07) is 0. The van der Waals surface area contributed by atoms with Crippen molar-refractivity contribution in [3.05, 3.63) is 0 Å². The number of halogens is 1. The van der Waals surface area contributed by atoms with Crippen LogP contribution in [0.1, 0.15) is 52.4 Å². The molecule has 0 radical (unpaired) electrons. The van der Waals surface area contributed by atoms with Gasteiger partial charge < -0.3 is 0 Å². The van der Waals surface area contributed by atoms with Crippen LogP contribution in [0.25, 0.3) is 0 Å². The summed E-state index contributed by atoms with van der Waals surface area (Å²) in [5.41, 5.74) is 1.36. The van der Waals surface area contributed by atoms with Crippen LogP contribution >= 0.6 is 15.9 Å². The highest BCUT2D eigenvalue weighted by Crippen LogP contribution is 2.68. The minimum Gasteiger partial charge on any atom is -0.0853 e. The lowest BCUT2D eigenvalue weighted by atomic mass is 9.45. The Morgan fingerprint density at radius 2 is 1.46 bits per heavy atom. The average molecular weight is 243 g/mol. The molecule has 0 N–H and O–H groups in total. The van der Waals surface area contributed by atoms with E-state index in [-0.39, 0.29) is 0 Å². The van der Waals surface area contributed by atoms with Crippen molar-refractivity contribution in [3.63, 3.8) is 0 Å². The molecule has 3 unspecified atom stereocenters. The van der Waals surface area contributed by atoms with Crippen molar-refractivity contribution in [2.45, 2.75) is 56.7 Å². The van der Waals surface area contributed by atoms with Crippen LogP contribution in [-0.4, -0.2) is 4.32 Å². The summed E-state index contributed by atoms with van der Waals surface area (Å²) in [7, 11) is 0. The third-order valence-electron chi connectivity index (χ3n) is 4.56. The SMILES string of the molecule is CC12CC3CC(Br)(C1)C[C@](C)(C3)C2. The maximum absolute atomic E-state index is 4.03. The van der Waals surface area contributed by atoms with Gasteiger partial charge in [0, 0.05) is 4.32 Å². The van der Waals surface area contributed by atoms with E-state index >= 15 is 0 Å². The van der Waals surface area contributed by atoms with Gasteiger partial charge in [-0.05, 0) is 55.3 Å². The van der Waals surface area contributed by atoms with Gasteiger partial charge in [-0.3, -0.25) is 0 Å². The molecule has 4 aliphatic carbocycles. The Balaban J connectivity index is 2.03. The molecule has 13 heavy (non-hydrogen) atoms. The third-order valence-corrected chi connectivity index (χ3v) is 5.44. The summed E-state index contributed by atoms with van der Waals surface area (Å²) in [4.78, 5) is 0. The van der Waals surface area contributed by atoms with Crippen LogP contribution in [0.15, 0.2) is 0 Å². The monoisotopic (exact) mass is 242 g/mol. The van der Waals surface area contributed by atoms with E-state index in [1.54, 1.807) is 0 Å². The molecule has 4 atom stereocenters. The first-order chi connectivity index (χ1) is 5.91. The normalized spacial score (nSPS) is 64.4. The molecule has 4 saturated carbocycles. The van der Waals surface area contributed by atoms with E-state index in [1.807, 2.05) is 0 Å². The van der Waals surface area contributed by atoms with E-state index in [1.165, 1.54) is 38.5 Å². The summed E-state index contributed by atoms with van der Waals surface area (Å²) >= 11 is 4.03. The predicted molar refractivity (Wildman–Crippen MR) is 59.1 cm³/mol. The van der Waals surface area contributed by atoms with Gasteiger partial charge in [-0.15, -0.1) is 0 Å². The van der Waals surface area contributed by atoms with Crippen LogP contribution in [0.2, 0.25) is 0 Å². The zero-order valence-electron chi connectivity index (χ0n) is 8.70. The van der Waals surface area contributed by atoms with Crippen molar-refractivity contribution in [1.29, 1.82) is 0 Å². The van der Waals surface area contributed by atoms with E-state index < -0.39 is 0 Å². The first-order valence-electron chi connectivity index (χ1n) is 5.60. The zero-order chi connectivity index (χ0) is 9.32. The fourth-order valence-corrected chi connectivity index (χ4v) is 7.12. The molecule has 74 valence electrons. The van der Waals surface area contributed by atoms with Crippen LogP contribution in [0.4, 0.5) is 0 Å². The Labute approximate surface area is 89.6 Å². The molecule has 0 spiro atoms. The second kappa shape index (κ2) is 2.18. The summed E-state index contributed by atoms with van der Waals surface area (Å²) < 4.78 is 0.538. The van der Waals surface area contributed by atoms with Gasteiger partial charge in [-0.2, -0.15) is 0 Å². The number of hydrogen-bond acceptors (Lipinski definition) is 0. The average Bonchev–Trinajstić information content (AvgIpc) is 1.71. The van der Waals surface area contributed by atoms with E-state index in [0.29, 0.717) is 15.2 Å². The number of alkyl halides is 1. The predicted octanol–water partition coefficient (Wildman–Crippen LogP) is 4.13. The van der Waals surface area contributed by atoms with Crippen molar-refractivity contribution in [2.75, 3.05) is 0 Å². The molecule has 0 amide bonds. The van der Waals surface area contributed by atoms with Crippen LogP contribution in [0.3, 0.4) is 0 Å². The summed E-state index contributed by atoms with van der Waals surface area (Å²) in [5, 5.41) is 0. The van der Waals surface area contributed by atoms with Crippen LogP contribution in [0, 0.1) is 16.7 Å². The Hall–Kier alpha value is 0.480. The molecule has 1 heteroatoms. The van der Waals surface area contributed by atoms with Gasteiger partial charge in [0.2, 0.25) is 0 Å². The second-order valence-electron chi connectivity index (χ2n) is 6.78. The fraction of sp³-hybridized carbons (Fsp3) is 1.00. The van der Waals surface area contributed by atoms with Crippen molar-refractivity contribution in [1.82, 2.24) is 0 Å². The molecule has 4 rings (SSSR count). The lowest BCUT2D eigenvalue weighted by Crippen LogP contribution is -2.55. The summed E-state index contributed by atoms with van der Waals surface area (Å²) in [5.74, 6) is 1.03. The molecule has 4 fully saturated rings. The molecule has 4 aliphatic rings. The maximum Gasteiger partial charge on any atom is 0.0271 e. The van der Waals surface area contributed by atoms with Crippen LogP contribution < -0.4 is 0 Å². The van der Waals surface area contributed by atoms with Crippen molar-refractivity contribution in [3.8, 4) is 0 Å². The van der Waals surface area contributed by atoms with Gasteiger partial charge in [0.05, 0.1) is 0 Å². The van der Waals surface area contributed by atoms with Gasteiger partial charge in [0.15, 0.2) is 0 Å². The molecular formula is C12H19Br. The first-order valence-corrected chi connectivity index (χ1v) is 6.39. The third kappa shape index (κ3) is 1.22. The van der Waals surface area contributed by atoms with Crippen molar-refractivity contribution >= 4 is 15.9 Å². The molecule has 0 nitrogen and oxygen atoms in total. The van der Waals surface area contributed by atoms with Crippen LogP contribution in [-0.2, 0) is 0 Å². The highest BCUT2D eigenvalue weighted by molar-refractivity contribution is 9.10. The standard InChI is InChI=1S/C12H19Br/c1-10-3-9-4-11(2,6-10)8-12(13,5-9)7-10/h9H,3-8H2,1-2H3/t9?,10-,11?,12?/m1/s1. The van der Waals surface area contributed by atoms with E-state index in [4.69, 9.17) is 0 Å². The molecule has 0 aliphatic heterocycles. The van der Waals surface area contributed by atoms with E-state index in [2.05, 4.69) is 29.8 Å². The topological polar surface area (TPSA) is 0 Å². The summed E-state index contributed by atoms with van der Waals surface area (Å²) in [6.45, 7) is 5.04. The second-order valence-corrected chi connectivity index (χ2v) is 8.46. The highest BCUT2D eigenvalue weighted by atomic mass is 79.9. The zero-order valence-corrected chi connectivity index (χ0v) is 10.3. The number of rotatable bonds is 0. The summed E-state index contributed by atoms with van der Waals surface area (Å²) in [6.07, 6.45) is 8.84. The lowest BCUT2D eigenvalue weighted by Gasteiger charge is -2.63. The molecular weight excluding hydrogens is 224 g/mol. The smallest absolute Gasteiger partial charge is 0.0271 e. The van der Waals surface area contributed by atoms with Gasteiger partial charge in [0.25, 0.3) is 0 Å². The van der Waals surface area contributed by atoms with Gasteiger partial charge in [-0.1, -0.05) is 29.8 Å². The fourth-order valence-electron chi connectivity index (χ4n) is 5.31. The van der Waals surface area contributed by atoms with Gasteiger partial charge in [-0.25, -0.2) is 0 Å². The van der Waals surface area contributed by atoms with E-state index in [0.717, 1.165) is 5.92 Å². The van der Waals surface area contributed by atoms with Gasteiger partial charge >= 0.3 is 0 Å². The Bertz CT molecular complexity index is 207. The van der Waals surface area contributed by atoms with Crippen LogP contribution in [0.5, 0.6) is 0 Å². The minimum atomic E-state index is 0.538. The largest absolute Gasteiger partial charge is 0.0853 e. The van der Waals surface area contributed by atoms with Crippen molar-refractivity contribution in [2.24, 2.45) is 16.7 Å². The molecule has 0 aromatic heterocycles. The molecule has 0 saturated heterocycles. The van der Waals surface area contributed by atoms with Gasteiger partial charge in [0.1, 0.15) is 0 Å². The lowest BCUT2D eigenvalue weighted by molar-refractivity contribution is -0.0755.